The number of hydrogen-bond acceptors (Lipinski definition) is 6. The molecule has 20 heavy (non-hydrogen) atoms. The molecule has 8 heteroatoms. The van der Waals surface area contributed by atoms with Crippen molar-refractivity contribution >= 4 is 28.7 Å². The van der Waals surface area contributed by atoms with E-state index in [0.717, 1.165) is 43.5 Å². The molecule has 0 radical (unpaired) electrons. The number of anilines is 1. The minimum Gasteiger partial charge on any atom is -0.392 e. The number of thiocarbonyl (C=S) groups is 1. The van der Waals surface area contributed by atoms with Gasteiger partial charge in [-0.2, -0.15) is 0 Å². The average Bonchev–Trinajstić information content (AvgIpc) is 2.81. The van der Waals surface area contributed by atoms with Crippen molar-refractivity contribution in [3.8, 4) is 0 Å². The monoisotopic (exact) mass is 291 g/mol. The maximum atomic E-state index is 5.59. The van der Waals surface area contributed by atoms with E-state index in [1.807, 2.05) is 17.5 Å². The van der Waals surface area contributed by atoms with Crippen LogP contribution >= 0.6 is 12.2 Å². The van der Waals surface area contributed by atoms with Crippen molar-refractivity contribution in [3.63, 3.8) is 0 Å². The Morgan fingerprint density at radius 3 is 2.75 bits per heavy atom. The third-order valence-corrected chi connectivity index (χ3v) is 3.66. The number of piperazine rings is 1. The summed E-state index contributed by atoms with van der Waals surface area (Å²) in [5.41, 5.74) is 6.40. The van der Waals surface area contributed by atoms with Crippen LogP contribution in [0.3, 0.4) is 0 Å². The van der Waals surface area contributed by atoms with Crippen LogP contribution in [0.15, 0.2) is 12.4 Å². The summed E-state index contributed by atoms with van der Waals surface area (Å²) in [7, 11) is 0. The Kier molecular flexibility index (Phi) is 3.49. The third-order valence-electron chi connectivity index (χ3n) is 3.53. The van der Waals surface area contributed by atoms with E-state index in [9.17, 15) is 0 Å². The summed E-state index contributed by atoms with van der Waals surface area (Å²) in [6, 6.07) is 0. The predicted octanol–water partition coefficient (Wildman–Crippen LogP) is -0.159. The highest BCUT2D eigenvalue weighted by molar-refractivity contribution is 7.80. The molecule has 7 nitrogen and oxygen atoms in total. The Morgan fingerprint density at radius 1 is 1.30 bits per heavy atom. The third kappa shape index (κ3) is 2.44. The molecule has 2 aromatic rings. The van der Waals surface area contributed by atoms with Crippen LogP contribution in [0.25, 0.3) is 5.65 Å². The molecular weight excluding hydrogens is 274 g/mol. The molecule has 1 fully saturated rings. The lowest BCUT2D eigenvalue weighted by Gasteiger charge is -2.34. The number of aryl methyl sites for hydroxylation is 1. The van der Waals surface area contributed by atoms with E-state index in [4.69, 9.17) is 18.0 Å². The molecule has 0 unspecified atom stereocenters. The Bertz CT molecular complexity index is 630. The normalized spacial score (nSPS) is 16.8. The Morgan fingerprint density at radius 2 is 2.05 bits per heavy atom. The van der Waals surface area contributed by atoms with Gasteiger partial charge in [0.05, 0.1) is 4.99 Å². The van der Waals surface area contributed by atoms with Gasteiger partial charge in [-0.3, -0.25) is 9.30 Å². The zero-order valence-electron chi connectivity index (χ0n) is 11.4. The Labute approximate surface area is 122 Å². The smallest absolute Gasteiger partial charge is 0.203 e. The molecule has 2 N–H and O–H groups in total. The summed E-state index contributed by atoms with van der Waals surface area (Å²) in [5.74, 6) is 1.76. The van der Waals surface area contributed by atoms with Gasteiger partial charge in [0.1, 0.15) is 5.82 Å². The first-order valence-electron chi connectivity index (χ1n) is 6.57. The van der Waals surface area contributed by atoms with Gasteiger partial charge >= 0.3 is 0 Å². The molecular formula is C12H17N7S. The molecule has 0 spiro atoms. The van der Waals surface area contributed by atoms with Gasteiger partial charge in [0.25, 0.3) is 0 Å². The van der Waals surface area contributed by atoms with E-state index in [-0.39, 0.29) is 0 Å². The second-order valence-corrected chi connectivity index (χ2v) is 5.45. The standard InChI is InChI=1S/C12H17N7S/c1-9-15-16-12-11(14-2-3-19(9)12)18-6-4-17(5-7-18)8-10(13)20/h2-3H,4-8H2,1H3,(H2,13,20). The minimum atomic E-state index is 0.548. The van der Waals surface area contributed by atoms with E-state index >= 15 is 0 Å². The van der Waals surface area contributed by atoms with E-state index in [1.165, 1.54) is 0 Å². The molecule has 0 aromatic carbocycles. The molecule has 0 atom stereocenters. The van der Waals surface area contributed by atoms with Crippen LogP contribution < -0.4 is 10.6 Å². The van der Waals surface area contributed by atoms with Crippen LogP contribution in [0.5, 0.6) is 0 Å². The lowest BCUT2D eigenvalue weighted by Crippen LogP contribution is -2.49. The van der Waals surface area contributed by atoms with Gasteiger partial charge < -0.3 is 10.6 Å². The summed E-state index contributed by atoms with van der Waals surface area (Å²) < 4.78 is 1.96. The summed E-state index contributed by atoms with van der Waals surface area (Å²) in [5, 5.41) is 8.32. The van der Waals surface area contributed by atoms with Crippen LogP contribution in [0.1, 0.15) is 5.82 Å². The molecule has 0 saturated carbocycles. The van der Waals surface area contributed by atoms with Gasteiger partial charge in [-0.25, -0.2) is 4.98 Å². The first-order valence-corrected chi connectivity index (χ1v) is 6.98. The van der Waals surface area contributed by atoms with Gasteiger partial charge in [0.2, 0.25) is 5.65 Å². The summed E-state index contributed by atoms with van der Waals surface area (Å²) in [4.78, 5) is 9.50. The summed E-state index contributed by atoms with van der Waals surface area (Å²) in [6.07, 6.45) is 3.68. The molecule has 3 heterocycles. The molecule has 0 aliphatic carbocycles. The van der Waals surface area contributed by atoms with Crippen LogP contribution in [0.4, 0.5) is 5.82 Å². The highest BCUT2D eigenvalue weighted by Gasteiger charge is 2.21. The topological polar surface area (TPSA) is 75.6 Å². The van der Waals surface area contributed by atoms with E-state index < -0.39 is 0 Å². The number of aromatic nitrogens is 4. The van der Waals surface area contributed by atoms with E-state index in [1.54, 1.807) is 6.20 Å². The molecule has 1 aliphatic heterocycles. The average molecular weight is 291 g/mol. The lowest BCUT2D eigenvalue weighted by molar-refractivity contribution is 0.292. The van der Waals surface area contributed by atoms with Gasteiger partial charge in [-0.1, -0.05) is 12.2 Å². The lowest BCUT2D eigenvalue weighted by atomic mass is 10.3. The molecule has 1 saturated heterocycles. The maximum Gasteiger partial charge on any atom is 0.203 e. The largest absolute Gasteiger partial charge is 0.392 e. The van der Waals surface area contributed by atoms with Crippen molar-refractivity contribution < 1.29 is 0 Å². The van der Waals surface area contributed by atoms with Crippen LogP contribution in [-0.4, -0.2) is 62.2 Å². The van der Waals surface area contributed by atoms with Crippen molar-refractivity contribution in [3.05, 3.63) is 18.2 Å². The van der Waals surface area contributed by atoms with Crippen molar-refractivity contribution in [2.75, 3.05) is 37.6 Å². The molecule has 1 aliphatic rings. The molecule has 0 amide bonds. The number of hydrogen-bond donors (Lipinski definition) is 1. The van der Waals surface area contributed by atoms with Crippen LogP contribution in [-0.2, 0) is 0 Å². The van der Waals surface area contributed by atoms with Crippen molar-refractivity contribution in [2.24, 2.45) is 5.73 Å². The van der Waals surface area contributed by atoms with E-state index in [0.29, 0.717) is 11.5 Å². The molecule has 106 valence electrons. The van der Waals surface area contributed by atoms with Gasteiger partial charge in [-0.05, 0) is 6.92 Å². The highest BCUT2D eigenvalue weighted by Crippen LogP contribution is 2.18. The van der Waals surface area contributed by atoms with Crippen molar-refractivity contribution in [2.45, 2.75) is 6.92 Å². The second kappa shape index (κ2) is 5.29. The zero-order valence-corrected chi connectivity index (χ0v) is 12.2. The van der Waals surface area contributed by atoms with E-state index in [2.05, 4.69) is 25.0 Å². The zero-order chi connectivity index (χ0) is 14.1. The summed E-state index contributed by atoms with van der Waals surface area (Å²) in [6.45, 7) is 6.25. The fourth-order valence-electron chi connectivity index (χ4n) is 2.49. The number of rotatable bonds is 3. The number of nitrogens with zero attached hydrogens (tertiary/aromatic N) is 6. The van der Waals surface area contributed by atoms with Crippen molar-refractivity contribution in [1.82, 2.24) is 24.5 Å². The molecule has 2 aromatic heterocycles. The van der Waals surface area contributed by atoms with Gasteiger partial charge in [0.15, 0.2) is 5.82 Å². The fourth-order valence-corrected chi connectivity index (χ4v) is 2.67. The second-order valence-electron chi connectivity index (χ2n) is 4.92. The first kappa shape index (κ1) is 13.2. The molecule has 3 rings (SSSR count). The summed E-state index contributed by atoms with van der Waals surface area (Å²) >= 11 is 4.95. The van der Waals surface area contributed by atoms with Crippen molar-refractivity contribution in [1.29, 1.82) is 0 Å². The molecule has 0 bridgehead atoms. The first-order chi connectivity index (χ1) is 9.65. The van der Waals surface area contributed by atoms with Crippen LogP contribution in [0.2, 0.25) is 0 Å². The van der Waals surface area contributed by atoms with Gasteiger partial charge in [0, 0.05) is 45.1 Å². The highest BCUT2D eigenvalue weighted by atomic mass is 32.1. The van der Waals surface area contributed by atoms with Crippen LogP contribution in [0, 0.1) is 6.92 Å². The quantitative estimate of drug-likeness (QED) is 0.788. The fraction of sp³-hybridized carbons (Fsp3) is 0.500. The minimum absolute atomic E-state index is 0.548. The number of fused-ring (bicyclic) bond motifs is 1. The Balaban J connectivity index is 1.78. The van der Waals surface area contributed by atoms with Gasteiger partial charge in [-0.15, -0.1) is 10.2 Å². The Hall–Kier alpha value is -1.80. The predicted molar refractivity (Wildman–Crippen MR) is 81.0 cm³/mol. The maximum absolute atomic E-state index is 5.59. The SMILES string of the molecule is Cc1nnc2c(N3CCN(CC(N)=S)CC3)nccn12. The number of nitrogens with two attached hydrogens (primary N) is 1.